The molecule has 3 heterocycles. The third-order valence-corrected chi connectivity index (χ3v) is 6.97. The van der Waals surface area contributed by atoms with Crippen molar-refractivity contribution in [1.29, 1.82) is 0 Å². The van der Waals surface area contributed by atoms with Gasteiger partial charge in [-0.25, -0.2) is 4.39 Å². The highest BCUT2D eigenvalue weighted by Gasteiger charge is 2.34. The van der Waals surface area contributed by atoms with Gasteiger partial charge >= 0.3 is 6.01 Å². The molecule has 5 rings (SSSR count). The molecule has 0 aliphatic carbocycles. The van der Waals surface area contributed by atoms with Gasteiger partial charge in [0.25, 0.3) is 0 Å². The minimum absolute atomic E-state index is 0.0302. The molecule has 1 aliphatic heterocycles. The molecule has 2 aromatic heterocycles. The van der Waals surface area contributed by atoms with Crippen LogP contribution in [0.1, 0.15) is 25.8 Å². The Morgan fingerprint density at radius 1 is 1.26 bits per heavy atom. The van der Waals surface area contributed by atoms with Gasteiger partial charge in [0, 0.05) is 24.8 Å². The molecular formula is C25H26FN4O3P. The Morgan fingerprint density at radius 2 is 2.06 bits per heavy atom. The molecule has 2 unspecified atom stereocenters. The van der Waals surface area contributed by atoms with E-state index in [4.69, 9.17) is 4.74 Å². The van der Waals surface area contributed by atoms with Gasteiger partial charge in [0.15, 0.2) is 5.82 Å². The summed E-state index contributed by atoms with van der Waals surface area (Å²) in [5.41, 5.74) is 0.857. The number of aromatic nitrogens is 3. The fourth-order valence-electron chi connectivity index (χ4n) is 4.78. The predicted molar refractivity (Wildman–Crippen MR) is 135 cm³/mol. The molecule has 7 nitrogen and oxygen atoms in total. The van der Waals surface area contributed by atoms with Gasteiger partial charge in [-0.2, -0.15) is 9.97 Å². The number of hydrogen-bond acceptors (Lipinski definition) is 7. The first-order valence-corrected chi connectivity index (χ1v) is 11.7. The number of anilines is 1. The van der Waals surface area contributed by atoms with Gasteiger partial charge in [-0.05, 0) is 53.5 Å². The van der Waals surface area contributed by atoms with Crippen LogP contribution in [0.5, 0.6) is 11.8 Å². The molecule has 2 N–H and O–H groups in total. The lowest BCUT2D eigenvalue weighted by atomic mass is 9.94. The number of methoxy groups -OCH3 is 1. The van der Waals surface area contributed by atoms with Gasteiger partial charge in [0.2, 0.25) is 0 Å². The number of β-amino-alcohol motifs (C(OH)–C–C–N with tert-alkyl or cyclic N) is 1. The number of fused-ring (bicyclic) bond motifs is 2. The Morgan fingerprint density at radius 3 is 2.74 bits per heavy atom. The van der Waals surface area contributed by atoms with Crippen molar-refractivity contribution in [3.63, 3.8) is 0 Å². The summed E-state index contributed by atoms with van der Waals surface area (Å²) in [5.74, 6) is -0.115. The Kier molecular flexibility index (Phi) is 5.53. The zero-order valence-corrected chi connectivity index (χ0v) is 20.4. The van der Waals surface area contributed by atoms with E-state index in [-0.39, 0.29) is 23.0 Å². The molecule has 2 atom stereocenters. The van der Waals surface area contributed by atoms with Crippen molar-refractivity contribution in [2.75, 3.05) is 25.1 Å². The number of benzene rings is 2. The molecule has 1 fully saturated rings. The minimum atomic E-state index is -0.858. The molecule has 2 aromatic carbocycles. The predicted octanol–water partition coefficient (Wildman–Crippen LogP) is 3.72. The van der Waals surface area contributed by atoms with Crippen LogP contribution in [-0.2, 0) is 6.42 Å². The number of hydrogen-bond donors (Lipinski definition) is 2. The Bertz CT molecular complexity index is 1440. The highest BCUT2D eigenvalue weighted by atomic mass is 31.0. The average molecular weight is 480 g/mol. The first-order valence-electron chi connectivity index (χ1n) is 11.1. The van der Waals surface area contributed by atoms with Crippen LogP contribution in [0.15, 0.2) is 30.5 Å². The fraction of sp³-hybridized carbons (Fsp3) is 0.320. The maximum atomic E-state index is 16.1. The number of phenols is 1. The smallest absolute Gasteiger partial charge is 0.318 e. The number of aryl methyl sites for hydroxylation is 1. The lowest BCUT2D eigenvalue weighted by Gasteiger charge is -2.22. The van der Waals surface area contributed by atoms with Crippen molar-refractivity contribution >= 4 is 42.0 Å². The number of phenolic OH excluding ortho intramolecular Hbond substituents is 1. The summed E-state index contributed by atoms with van der Waals surface area (Å²) in [6, 6.07) is 7.12. The van der Waals surface area contributed by atoms with Gasteiger partial charge in [-0.15, -0.1) is 9.24 Å². The zero-order chi connectivity index (χ0) is 24.2. The van der Waals surface area contributed by atoms with Crippen molar-refractivity contribution in [1.82, 2.24) is 15.0 Å². The van der Waals surface area contributed by atoms with Gasteiger partial charge in [0.1, 0.15) is 22.8 Å². The number of nitrogens with zero attached hydrogens (tertiary/aromatic N) is 4. The SMILES string of the molecule is CCc1c(P)ccc2cc(O)cc(-c3ncc4c(N5CCC(C)(O)C5)nc(OC)nc4c3F)c12. The van der Waals surface area contributed by atoms with E-state index in [1.807, 2.05) is 24.0 Å². The van der Waals surface area contributed by atoms with Crippen molar-refractivity contribution in [2.45, 2.75) is 32.3 Å². The molecule has 34 heavy (non-hydrogen) atoms. The second-order valence-corrected chi connectivity index (χ2v) is 9.59. The van der Waals surface area contributed by atoms with E-state index in [0.29, 0.717) is 36.3 Å². The number of aliphatic hydroxyl groups is 1. The standard InChI is InChI=1S/C25H26FN4O3P/c1-4-15-18(34)6-5-13-9-14(31)10-16(19(13)15)21-20(26)22-17(11-27-21)23(29-24(28-22)33-3)30-8-7-25(2,32)12-30/h5-6,9-11,31-32H,4,7-8,12,34H2,1-3H3. The molecule has 1 aliphatic rings. The van der Waals surface area contributed by atoms with E-state index < -0.39 is 11.4 Å². The largest absolute Gasteiger partial charge is 0.508 e. The highest BCUT2D eigenvalue weighted by molar-refractivity contribution is 7.27. The lowest BCUT2D eigenvalue weighted by molar-refractivity contribution is 0.0839. The van der Waals surface area contributed by atoms with Crippen LogP contribution in [0.2, 0.25) is 0 Å². The van der Waals surface area contributed by atoms with E-state index in [2.05, 4.69) is 24.2 Å². The van der Waals surface area contributed by atoms with Crippen LogP contribution < -0.4 is 14.9 Å². The van der Waals surface area contributed by atoms with Crippen LogP contribution in [0, 0.1) is 5.82 Å². The number of halogens is 1. The van der Waals surface area contributed by atoms with Crippen LogP contribution >= 0.6 is 9.24 Å². The van der Waals surface area contributed by atoms with Gasteiger partial charge in [0.05, 0.1) is 18.1 Å². The third kappa shape index (κ3) is 3.71. The molecular weight excluding hydrogens is 454 g/mol. The maximum absolute atomic E-state index is 16.1. The minimum Gasteiger partial charge on any atom is -0.508 e. The molecule has 0 bridgehead atoms. The van der Waals surface area contributed by atoms with Crippen molar-refractivity contribution in [3.8, 4) is 23.0 Å². The molecule has 0 radical (unpaired) electrons. The van der Waals surface area contributed by atoms with Crippen LogP contribution in [0.25, 0.3) is 32.9 Å². The quantitative estimate of drug-likeness (QED) is 0.430. The first kappa shape index (κ1) is 22.7. The molecule has 0 spiro atoms. The Labute approximate surface area is 198 Å². The van der Waals surface area contributed by atoms with Crippen molar-refractivity contribution < 1.29 is 19.3 Å². The molecule has 0 amide bonds. The van der Waals surface area contributed by atoms with E-state index >= 15 is 4.39 Å². The summed E-state index contributed by atoms with van der Waals surface area (Å²) in [6.45, 7) is 4.74. The average Bonchev–Trinajstić information content (AvgIpc) is 3.18. The molecule has 4 aromatic rings. The third-order valence-electron chi connectivity index (χ3n) is 6.43. The number of aromatic hydroxyl groups is 1. The molecule has 176 valence electrons. The summed E-state index contributed by atoms with van der Waals surface area (Å²) < 4.78 is 21.4. The molecule has 1 saturated heterocycles. The van der Waals surface area contributed by atoms with E-state index in [0.717, 1.165) is 28.1 Å². The van der Waals surface area contributed by atoms with Crippen LogP contribution in [0.3, 0.4) is 0 Å². The topological polar surface area (TPSA) is 91.6 Å². The fourth-order valence-corrected chi connectivity index (χ4v) is 5.22. The summed E-state index contributed by atoms with van der Waals surface area (Å²) >= 11 is 0. The second kappa shape index (κ2) is 8.29. The summed E-state index contributed by atoms with van der Waals surface area (Å²) in [5, 5.41) is 23.9. The molecule has 9 heteroatoms. The van der Waals surface area contributed by atoms with Crippen molar-refractivity contribution in [3.05, 3.63) is 41.8 Å². The van der Waals surface area contributed by atoms with Gasteiger partial charge in [-0.1, -0.05) is 19.1 Å². The molecule has 0 saturated carbocycles. The lowest BCUT2D eigenvalue weighted by Crippen LogP contribution is -2.30. The van der Waals surface area contributed by atoms with Crippen LogP contribution in [0.4, 0.5) is 10.2 Å². The summed E-state index contributed by atoms with van der Waals surface area (Å²) in [7, 11) is 4.15. The second-order valence-electron chi connectivity index (χ2n) is 8.96. The van der Waals surface area contributed by atoms with Crippen molar-refractivity contribution in [2.24, 2.45) is 0 Å². The Hall–Kier alpha value is -3.09. The zero-order valence-electron chi connectivity index (χ0n) is 19.3. The Balaban J connectivity index is 1.78. The van der Waals surface area contributed by atoms with E-state index in [1.54, 1.807) is 25.3 Å². The van der Waals surface area contributed by atoms with Gasteiger partial charge < -0.3 is 19.8 Å². The maximum Gasteiger partial charge on any atom is 0.318 e. The monoisotopic (exact) mass is 480 g/mol. The summed E-state index contributed by atoms with van der Waals surface area (Å²) in [6.07, 6.45) is 2.86. The number of pyridine rings is 1. The van der Waals surface area contributed by atoms with Gasteiger partial charge in [-0.3, -0.25) is 4.98 Å². The number of ether oxygens (including phenoxy) is 1. The number of rotatable bonds is 4. The van der Waals surface area contributed by atoms with Crippen LogP contribution in [-0.4, -0.2) is 51.0 Å². The normalized spacial score (nSPS) is 18.2. The van der Waals surface area contributed by atoms with E-state index in [1.165, 1.54) is 7.11 Å². The summed E-state index contributed by atoms with van der Waals surface area (Å²) in [4.78, 5) is 15.1. The highest BCUT2D eigenvalue weighted by Crippen LogP contribution is 2.39. The van der Waals surface area contributed by atoms with E-state index in [9.17, 15) is 10.2 Å². The first-order chi connectivity index (χ1) is 16.2.